The van der Waals surface area contributed by atoms with Crippen LogP contribution < -0.4 is 10.1 Å². The molecule has 0 fully saturated rings. The van der Waals surface area contributed by atoms with Crippen molar-refractivity contribution in [1.29, 1.82) is 0 Å². The Labute approximate surface area is 164 Å². The van der Waals surface area contributed by atoms with Gasteiger partial charge in [-0.15, -0.1) is 0 Å². The van der Waals surface area contributed by atoms with Crippen LogP contribution >= 0.6 is 0 Å². The first-order chi connectivity index (χ1) is 13.7. The number of tetrazole rings is 1. The summed E-state index contributed by atoms with van der Waals surface area (Å²) in [4.78, 5) is 12.7. The van der Waals surface area contributed by atoms with Crippen LogP contribution in [0.15, 0.2) is 48.2 Å². The normalized spacial score (nSPS) is 15.6. The first kappa shape index (κ1) is 19.6. The molecule has 3 rings (SSSR count). The average molecular weight is 383 g/mol. The zero-order chi connectivity index (χ0) is 19.9. The third-order valence-corrected chi connectivity index (χ3v) is 4.48. The minimum Gasteiger partial charge on any atom is -0.494 e. The number of esters is 1. The molecule has 148 valence electrons. The van der Waals surface area contributed by atoms with Gasteiger partial charge >= 0.3 is 5.97 Å². The number of ether oxygens (including phenoxy) is 2. The minimum absolute atomic E-state index is 0.134. The number of carbonyl (C=O) groups excluding carboxylic acids is 1. The molecule has 0 aliphatic carbocycles. The molecule has 8 heteroatoms. The molecule has 0 bridgehead atoms. The molecule has 8 nitrogen and oxygen atoms in total. The van der Waals surface area contributed by atoms with Crippen molar-refractivity contribution in [3.8, 4) is 5.75 Å². The summed E-state index contributed by atoms with van der Waals surface area (Å²) in [6, 6.07) is 7.15. The number of anilines is 1. The molecule has 0 radical (unpaired) electrons. The molecule has 1 atom stereocenters. The number of fused-ring (bicyclic) bond motifs is 1. The summed E-state index contributed by atoms with van der Waals surface area (Å²) in [6.45, 7) is 8.38. The zero-order valence-corrected chi connectivity index (χ0v) is 16.2. The van der Waals surface area contributed by atoms with Crippen LogP contribution in [0.25, 0.3) is 0 Å². The van der Waals surface area contributed by atoms with Crippen LogP contribution in [0.5, 0.6) is 5.75 Å². The number of unbranched alkanes of at least 4 members (excludes halogenated alkanes) is 2. The average Bonchev–Trinajstić information content (AvgIpc) is 3.17. The van der Waals surface area contributed by atoms with E-state index in [0.717, 1.165) is 30.6 Å². The van der Waals surface area contributed by atoms with Gasteiger partial charge in [0.25, 0.3) is 0 Å². The fraction of sp³-hybridized carbons (Fsp3) is 0.400. The van der Waals surface area contributed by atoms with E-state index in [1.165, 1.54) is 6.08 Å². The van der Waals surface area contributed by atoms with Crippen LogP contribution in [0, 0.1) is 0 Å². The zero-order valence-electron chi connectivity index (χ0n) is 16.2. The summed E-state index contributed by atoms with van der Waals surface area (Å²) >= 11 is 0. The van der Waals surface area contributed by atoms with E-state index in [0.29, 0.717) is 23.8 Å². The highest BCUT2D eigenvalue weighted by Crippen LogP contribution is 2.35. The third-order valence-electron chi connectivity index (χ3n) is 4.48. The number of allylic oxidation sites excluding steroid dienone is 1. The van der Waals surface area contributed by atoms with Crippen LogP contribution in [0.1, 0.15) is 44.7 Å². The number of hydrogen-bond donors (Lipinski definition) is 1. The SMILES string of the molecule is C=CCOC(=O)C1=C(C)Nc2nnnn2C1c1ccc(OCCCCC)cc1. The maximum Gasteiger partial charge on any atom is 0.338 e. The summed E-state index contributed by atoms with van der Waals surface area (Å²) in [6.07, 6.45) is 4.87. The molecule has 0 saturated carbocycles. The van der Waals surface area contributed by atoms with Gasteiger partial charge in [0, 0.05) is 5.70 Å². The van der Waals surface area contributed by atoms with E-state index in [9.17, 15) is 4.79 Å². The number of aromatic nitrogens is 4. The second-order valence-electron chi connectivity index (χ2n) is 6.53. The van der Waals surface area contributed by atoms with Crippen molar-refractivity contribution in [3.05, 3.63) is 53.8 Å². The molecule has 0 spiro atoms. The molecular weight excluding hydrogens is 358 g/mol. The second kappa shape index (κ2) is 9.16. The second-order valence-corrected chi connectivity index (χ2v) is 6.53. The smallest absolute Gasteiger partial charge is 0.338 e. The van der Waals surface area contributed by atoms with Crippen LogP contribution in [-0.2, 0) is 9.53 Å². The lowest BCUT2D eigenvalue weighted by atomic mass is 9.96. The minimum atomic E-state index is -0.488. The van der Waals surface area contributed by atoms with Gasteiger partial charge in [0.05, 0.1) is 12.2 Å². The van der Waals surface area contributed by atoms with Crippen molar-refractivity contribution < 1.29 is 14.3 Å². The topological polar surface area (TPSA) is 91.2 Å². The van der Waals surface area contributed by atoms with E-state index in [2.05, 4.69) is 34.3 Å². The molecular formula is C20H25N5O3. The Bertz CT molecular complexity index is 857. The standard InChI is InChI=1S/C20H25N5O3/c1-4-6-7-13-27-16-10-8-15(9-11-16)18-17(19(26)28-12-5-2)14(3)21-20-22-23-24-25(18)20/h5,8-11,18H,2,4,6-7,12-13H2,1,3H3,(H,21,22,24). The number of nitrogens with one attached hydrogen (secondary N) is 1. The van der Waals surface area contributed by atoms with Gasteiger partial charge in [-0.1, -0.05) is 49.7 Å². The summed E-state index contributed by atoms with van der Waals surface area (Å²) in [5.41, 5.74) is 1.97. The first-order valence-corrected chi connectivity index (χ1v) is 9.42. The van der Waals surface area contributed by atoms with Crippen LogP contribution in [-0.4, -0.2) is 39.4 Å². The Morgan fingerprint density at radius 3 is 2.82 bits per heavy atom. The van der Waals surface area contributed by atoms with E-state index in [-0.39, 0.29) is 6.61 Å². The van der Waals surface area contributed by atoms with E-state index >= 15 is 0 Å². The number of nitrogens with zero attached hydrogens (tertiary/aromatic N) is 4. The van der Waals surface area contributed by atoms with Gasteiger partial charge in [-0.2, -0.15) is 4.68 Å². The van der Waals surface area contributed by atoms with Crippen molar-refractivity contribution in [2.24, 2.45) is 0 Å². The Kier molecular flexibility index (Phi) is 6.41. The molecule has 1 aromatic heterocycles. The Hall–Kier alpha value is -3.16. The molecule has 1 unspecified atom stereocenters. The molecule has 1 aromatic carbocycles. The van der Waals surface area contributed by atoms with E-state index in [1.807, 2.05) is 24.3 Å². The fourth-order valence-corrected chi connectivity index (χ4v) is 3.09. The summed E-state index contributed by atoms with van der Waals surface area (Å²) in [7, 11) is 0. The lowest BCUT2D eigenvalue weighted by molar-refractivity contribution is -0.138. The monoisotopic (exact) mass is 383 g/mol. The summed E-state index contributed by atoms with van der Waals surface area (Å²) in [5.74, 6) is 0.834. The summed E-state index contributed by atoms with van der Waals surface area (Å²) < 4.78 is 12.6. The molecule has 28 heavy (non-hydrogen) atoms. The highest BCUT2D eigenvalue weighted by atomic mass is 16.5. The Morgan fingerprint density at radius 2 is 2.11 bits per heavy atom. The lowest BCUT2D eigenvalue weighted by Gasteiger charge is -2.27. The Balaban J connectivity index is 1.86. The molecule has 0 saturated heterocycles. The van der Waals surface area contributed by atoms with E-state index < -0.39 is 12.0 Å². The van der Waals surface area contributed by atoms with Crippen molar-refractivity contribution in [3.63, 3.8) is 0 Å². The van der Waals surface area contributed by atoms with Crippen molar-refractivity contribution in [2.75, 3.05) is 18.5 Å². The van der Waals surface area contributed by atoms with Gasteiger partial charge in [-0.25, -0.2) is 4.79 Å². The highest BCUT2D eigenvalue weighted by Gasteiger charge is 2.34. The van der Waals surface area contributed by atoms with Crippen LogP contribution in [0.3, 0.4) is 0 Å². The van der Waals surface area contributed by atoms with Gasteiger partial charge in [0.2, 0.25) is 5.95 Å². The van der Waals surface area contributed by atoms with Crippen molar-refractivity contribution in [1.82, 2.24) is 20.2 Å². The largest absolute Gasteiger partial charge is 0.494 e. The van der Waals surface area contributed by atoms with Gasteiger partial charge in [-0.05, 0) is 41.5 Å². The van der Waals surface area contributed by atoms with Crippen molar-refractivity contribution >= 4 is 11.9 Å². The molecule has 2 aromatic rings. The van der Waals surface area contributed by atoms with Crippen LogP contribution in [0.4, 0.5) is 5.95 Å². The first-order valence-electron chi connectivity index (χ1n) is 9.42. The van der Waals surface area contributed by atoms with E-state index in [1.54, 1.807) is 11.6 Å². The maximum atomic E-state index is 12.7. The molecule has 2 heterocycles. The number of hydrogen-bond acceptors (Lipinski definition) is 7. The Morgan fingerprint density at radius 1 is 1.32 bits per heavy atom. The molecule has 1 aliphatic rings. The number of benzene rings is 1. The highest BCUT2D eigenvalue weighted by molar-refractivity contribution is 5.92. The predicted molar refractivity (Wildman–Crippen MR) is 105 cm³/mol. The maximum absolute atomic E-state index is 12.7. The number of rotatable bonds is 9. The quantitative estimate of drug-likeness (QED) is 0.404. The lowest BCUT2D eigenvalue weighted by Crippen LogP contribution is -2.29. The third kappa shape index (κ3) is 4.21. The van der Waals surface area contributed by atoms with Gasteiger partial charge in [0.15, 0.2) is 0 Å². The van der Waals surface area contributed by atoms with Gasteiger partial charge < -0.3 is 14.8 Å². The number of carbonyl (C=O) groups is 1. The van der Waals surface area contributed by atoms with Crippen LogP contribution in [0.2, 0.25) is 0 Å². The predicted octanol–water partition coefficient (Wildman–Crippen LogP) is 3.26. The summed E-state index contributed by atoms with van der Waals surface area (Å²) in [5, 5.41) is 14.8. The molecule has 1 aliphatic heterocycles. The molecule has 0 amide bonds. The van der Waals surface area contributed by atoms with E-state index in [4.69, 9.17) is 9.47 Å². The fourth-order valence-electron chi connectivity index (χ4n) is 3.09. The van der Waals surface area contributed by atoms with Crippen molar-refractivity contribution in [2.45, 2.75) is 39.2 Å². The van der Waals surface area contributed by atoms with Gasteiger partial charge in [0.1, 0.15) is 18.4 Å². The molecule has 1 N–H and O–H groups in total. The van der Waals surface area contributed by atoms with Gasteiger partial charge in [-0.3, -0.25) is 0 Å².